The number of alkyl halides is 2. The lowest BCUT2D eigenvalue weighted by atomic mass is 10.0. The van der Waals surface area contributed by atoms with Gasteiger partial charge in [0.25, 0.3) is 6.43 Å². The molecule has 0 aliphatic rings. The van der Waals surface area contributed by atoms with E-state index in [9.17, 15) is 35.1 Å². The highest BCUT2D eigenvalue weighted by Gasteiger charge is 2.27. The summed E-state index contributed by atoms with van der Waals surface area (Å²) >= 11 is 0. The van der Waals surface area contributed by atoms with E-state index in [2.05, 4.69) is 0 Å². The van der Waals surface area contributed by atoms with Crippen LogP contribution in [0.15, 0.2) is 18.2 Å². The van der Waals surface area contributed by atoms with Gasteiger partial charge in [-0.15, -0.1) is 0 Å². The van der Waals surface area contributed by atoms with Gasteiger partial charge in [-0.25, -0.2) is 35.1 Å². The Morgan fingerprint density at radius 1 is 0.667 bits per heavy atom. The van der Waals surface area contributed by atoms with Crippen molar-refractivity contribution in [3.8, 4) is 11.1 Å². The molecule has 0 fully saturated rings. The quantitative estimate of drug-likeness (QED) is 0.410. The first-order valence-electron chi connectivity index (χ1n) is 5.35. The van der Waals surface area contributed by atoms with E-state index in [0.717, 1.165) is 0 Å². The molecule has 0 atom stereocenters. The van der Waals surface area contributed by atoms with Gasteiger partial charge in [0.15, 0.2) is 23.3 Å². The van der Waals surface area contributed by atoms with Gasteiger partial charge in [-0.05, 0) is 17.7 Å². The molecule has 21 heavy (non-hydrogen) atoms. The molecule has 112 valence electrons. The molecule has 0 spiro atoms. The summed E-state index contributed by atoms with van der Waals surface area (Å²) in [6.07, 6.45) is -3.18. The van der Waals surface area contributed by atoms with Gasteiger partial charge in [0.1, 0.15) is 5.82 Å². The standard InChI is InChI=1S/C13H4F8/c14-6-3-4(1-2-5(6)13(20)21)7-8(15)10(17)12(19)11(18)9(7)16/h1-3,13H. The van der Waals surface area contributed by atoms with Crippen molar-refractivity contribution in [2.24, 2.45) is 0 Å². The summed E-state index contributed by atoms with van der Waals surface area (Å²) in [5.41, 5.74) is -3.18. The number of rotatable bonds is 2. The Morgan fingerprint density at radius 3 is 1.57 bits per heavy atom. The van der Waals surface area contributed by atoms with Crippen molar-refractivity contribution in [3.05, 3.63) is 58.7 Å². The van der Waals surface area contributed by atoms with Crippen LogP contribution in [0.5, 0.6) is 0 Å². The van der Waals surface area contributed by atoms with Crippen LogP contribution in [0, 0.1) is 34.9 Å². The van der Waals surface area contributed by atoms with Gasteiger partial charge in [-0.1, -0.05) is 6.07 Å². The van der Waals surface area contributed by atoms with Gasteiger partial charge in [-0.2, -0.15) is 0 Å². The molecule has 0 aliphatic heterocycles. The van der Waals surface area contributed by atoms with Gasteiger partial charge in [0.05, 0.1) is 11.1 Å². The van der Waals surface area contributed by atoms with E-state index < -0.39 is 58.0 Å². The Kier molecular flexibility index (Phi) is 3.89. The zero-order valence-corrected chi connectivity index (χ0v) is 9.83. The molecule has 0 saturated heterocycles. The van der Waals surface area contributed by atoms with Crippen LogP contribution in [0.4, 0.5) is 35.1 Å². The van der Waals surface area contributed by atoms with Crippen molar-refractivity contribution >= 4 is 0 Å². The Labute approximate surface area is 112 Å². The zero-order chi connectivity index (χ0) is 15.9. The van der Waals surface area contributed by atoms with Gasteiger partial charge >= 0.3 is 0 Å². The molecule has 2 rings (SSSR count). The van der Waals surface area contributed by atoms with Crippen LogP contribution < -0.4 is 0 Å². The van der Waals surface area contributed by atoms with Crippen molar-refractivity contribution < 1.29 is 35.1 Å². The maximum absolute atomic E-state index is 13.5. The Hall–Kier alpha value is -2.12. The fourth-order valence-corrected chi connectivity index (χ4v) is 1.72. The minimum absolute atomic E-state index is 0.278. The van der Waals surface area contributed by atoms with E-state index in [0.29, 0.717) is 12.1 Å². The molecule has 2 aromatic carbocycles. The molecule has 0 unspecified atom stereocenters. The van der Waals surface area contributed by atoms with Gasteiger partial charge in [0.2, 0.25) is 5.82 Å². The Bertz CT molecular complexity index is 679. The highest BCUT2D eigenvalue weighted by Crippen LogP contribution is 2.33. The lowest BCUT2D eigenvalue weighted by Crippen LogP contribution is -2.04. The van der Waals surface area contributed by atoms with Gasteiger partial charge in [-0.3, -0.25) is 0 Å². The lowest BCUT2D eigenvalue weighted by Gasteiger charge is -2.10. The average Bonchev–Trinajstić information content (AvgIpc) is 2.43. The third-order valence-corrected chi connectivity index (χ3v) is 2.73. The maximum Gasteiger partial charge on any atom is 0.266 e. The van der Waals surface area contributed by atoms with E-state index in [1.165, 1.54) is 0 Å². The van der Waals surface area contributed by atoms with Crippen molar-refractivity contribution in [1.29, 1.82) is 0 Å². The summed E-state index contributed by atoms with van der Waals surface area (Å²) < 4.78 is 104. The number of hydrogen-bond donors (Lipinski definition) is 0. The predicted molar refractivity (Wildman–Crippen MR) is 56.6 cm³/mol. The fraction of sp³-hybridized carbons (Fsp3) is 0.0769. The van der Waals surface area contributed by atoms with E-state index >= 15 is 0 Å². The minimum Gasteiger partial charge on any atom is -0.206 e. The van der Waals surface area contributed by atoms with Gasteiger partial charge < -0.3 is 0 Å². The molecular weight excluding hydrogens is 308 g/mol. The first-order valence-corrected chi connectivity index (χ1v) is 5.35. The van der Waals surface area contributed by atoms with Gasteiger partial charge in [0, 0.05) is 0 Å². The van der Waals surface area contributed by atoms with Crippen molar-refractivity contribution in [2.45, 2.75) is 6.43 Å². The smallest absolute Gasteiger partial charge is 0.206 e. The largest absolute Gasteiger partial charge is 0.266 e. The van der Waals surface area contributed by atoms with Crippen LogP contribution in [0.3, 0.4) is 0 Å². The number of benzene rings is 2. The maximum atomic E-state index is 13.5. The summed E-state index contributed by atoms with van der Waals surface area (Å²) in [5, 5.41) is 0. The van der Waals surface area contributed by atoms with Crippen LogP contribution in [-0.2, 0) is 0 Å². The second kappa shape index (κ2) is 5.34. The molecule has 0 bridgehead atoms. The van der Waals surface area contributed by atoms with Crippen LogP contribution in [0.1, 0.15) is 12.0 Å². The van der Waals surface area contributed by atoms with Crippen molar-refractivity contribution in [2.75, 3.05) is 0 Å². The van der Waals surface area contributed by atoms with Crippen LogP contribution in [0.25, 0.3) is 11.1 Å². The average molecular weight is 312 g/mol. The van der Waals surface area contributed by atoms with E-state index in [4.69, 9.17) is 0 Å². The third kappa shape index (κ3) is 2.45. The predicted octanol–water partition coefficient (Wildman–Crippen LogP) is 5.13. The molecule has 0 radical (unpaired) electrons. The topological polar surface area (TPSA) is 0 Å². The van der Waals surface area contributed by atoms with Crippen LogP contribution >= 0.6 is 0 Å². The highest BCUT2D eigenvalue weighted by molar-refractivity contribution is 5.66. The minimum atomic E-state index is -3.18. The molecular formula is C13H4F8. The third-order valence-electron chi connectivity index (χ3n) is 2.73. The zero-order valence-electron chi connectivity index (χ0n) is 9.83. The summed E-state index contributed by atoms with van der Waals surface area (Å²) in [5.74, 6) is -12.6. The summed E-state index contributed by atoms with van der Waals surface area (Å²) in [6.45, 7) is 0. The lowest BCUT2D eigenvalue weighted by molar-refractivity contribution is 0.146. The summed E-state index contributed by atoms with van der Waals surface area (Å²) in [4.78, 5) is 0. The molecule has 8 heteroatoms. The molecule has 0 nitrogen and oxygen atoms in total. The molecule has 0 heterocycles. The fourth-order valence-electron chi connectivity index (χ4n) is 1.72. The van der Waals surface area contributed by atoms with E-state index in [1.807, 2.05) is 0 Å². The Balaban J connectivity index is 2.71. The summed E-state index contributed by atoms with van der Waals surface area (Å²) in [6, 6.07) is 1.43. The van der Waals surface area contributed by atoms with Crippen molar-refractivity contribution in [1.82, 2.24) is 0 Å². The summed E-state index contributed by atoms with van der Waals surface area (Å²) in [7, 11) is 0. The normalized spacial score (nSPS) is 11.3. The van der Waals surface area contributed by atoms with E-state index in [1.54, 1.807) is 0 Å². The van der Waals surface area contributed by atoms with Crippen molar-refractivity contribution in [3.63, 3.8) is 0 Å². The molecule has 0 aromatic heterocycles. The molecule has 0 N–H and O–H groups in total. The number of halogens is 8. The second-order valence-corrected chi connectivity index (χ2v) is 3.98. The Morgan fingerprint density at radius 2 is 1.14 bits per heavy atom. The molecule has 2 aromatic rings. The molecule has 0 saturated carbocycles. The van der Waals surface area contributed by atoms with E-state index in [-0.39, 0.29) is 6.07 Å². The first kappa shape index (κ1) is 15.3. The first-order chi connectivity index (χ1) is 9.75. The molecule has 0 amide bonds. The SMILES string of the molecule is Fc1cc(-c2c(F)c(F)c(F)c(F)c2F)ccc1C(F)F. The highest BCUT2D eigenvalue weighted by atomic mass is 19.3. The van der Waals surface area contributed by atoms with Crippen LogP contribution in [-0.4, -0.2) is 0 Å². The molecule has 0 aliphatic carbocycles. The number of hydrogen-bond acceptors (Lipinski definition) is 0. The van der Waals surface area contributed by atoms with Crippen LogP contribution in [0.2, 0.25) is 0 Å². The monoisotopic (exact) mass is 312 g/mol. The second-order valence-electron chi connectivity index (χ2n) is 3.98.